The van der Waals surface area contributed by atoms with E-state index in [2.05, 4.69) is 33.9 Å². The van der Waals surface area contributed by atoms with Crippen molar-refractivity contribution in [3.8, 4) is 0 Å². The molecule has 3 rings (SSSR count). The number of rotatable bonds is 13. The first-order chi connectivity index (χ1) is 18.9. The molecule has 3 aliphatic rings. The Morgan fingerprint density at radius 3 is 2.38 bits per heavy atom. The molecule has 8 heteroatoms. The molecule has 2 fully saturated rings. The summed E-state index contributed by atoms with van der Waals surface area (Å²) in [5, 5.41) is 11.8. The predicted molar refractivity (Wildman–Crippen MR) is 151 cm³/mol. The van der Waals surface area contributed by atoms with Crippen LogP contribution in [-0.2, 0) is 33.3 Å². The molecule has 1 heterocycles. The molecule has 1 aliphatic heterocycles. The summed E-state index contributed by atoms with van der Waals surface area (Å²) >= 11 is 0. The third-order valence-corrected chi connectivity index (χ3v) is 9.44. The van der Waals surface area contributed by atoms with E-state index < -0.39 is 42.1 Å². The van der Waals surface area contributed by atoms with Gasteiger partial charge in [-0.3, -0.25) is 19.1 Å². The van der Waals surface area contributed by atoms with Crippen molar-refractivity contribution in [3.63, 3.8) is 0 Å². The Morgan fingerprint density at radius 1 is 1.07 bits per heavy atom. The number of allylic oxidation sites excluding steroid dienone is 2. The van der Waals surface area contributed by atoms with Crippen molar-refractivity contribution < 1.29 is 38.4 Å². The Hall–Kier alpha value is -2.45. The normalized spacial score (nSPS) is 34.6. The van der Waals surface area contributed by atoms with Crippen molar-refractivity contribution in [1.82, 2.24) is 0 Å². The molecule has 1 saturated carbocycles. The van der Waals surface area contributed by atoms with Gasteiger partial charge in [0.15, 0.2) is 0 Å². The standard InChI is InChI=1S/C32H48O8/c1-8-10-11-12-13-14-28(36)39-24-18-25-29(37-22(5)33)40-30(38-23(6)34)32(25)26(19-24)31(7,16-15-20(3)9-2)21(4)17-27(32)35/h9,18,21,24,26-27,29-30,35H,2-3,8,10-17,19H2,1,4-7H3/t21-,24+,26+,27+,29+,30-,31-,32-/m1/s1. The van der Waals surface area contributed by atoms with Gasteiger partial charge in [0.25, 0.3) is 0 Å². The van der Waals surface area contributed by atoms with Crippen LogP contribution >= 0.6 is 0 Å². The molecule has 0 unspecified atom stereocenters. The molecule has 1 spiro atoms. The summed E-state index contributed by atoms with van der Waals surface area (Å²) in [7, 11) is 0. The van der Waals surface area contributed by atoms with Gasteiger partial charge in [-0.1, -0.05) is 71.3 Å². The van der Waals surface area contributed by atoms with Crippen LogP contribution in [0.15, 0.2) is 36.5 Å². The van der Waals surface area contributed by atoms with Gasteiger partial charge in [0.2, 0.25) is 12.6 Å². The zero-order valence-electron chi connectivity index (χ0n) is 24.9. The Morgan fingerprint density at radius 2 is 1.75 bits per heavy atom. The molecule has 0 radical (unpaired) electrons. The molecule has 0 aromatic carbocycles. The molecule has 0 amide bonds. The lowest BCUT2D eigenvalue weighted by Crippen LogP contribution is -2.63. The van der Waals surface area contributed by atoms with E-state index in [-0.39, 0.29) is 23.2 Å². The van der Waals surface area contributed by atoms with Crippen LogP contribution < -0.4 is 0 Å². The number of carbonyl (C=O) groups is 3. The van der Waals surface area contributed by atoms with E-state index in [1.165, 1.54) is 13.8 Å². The molecular formula is C32H48O8. The summed E-state index contributed by atoms with van der Waals surface area (Å²) in [6, 6.07) is 0. The molecule has 40 heavy (non-hydrogen) atoms. The van der Waals surface area contributed by atoms with Crippen LogP contribution in [0.25, 0.3) is 0 Å². The fourth-order valence-corrected chi connectivity index (χ4v) is 7.11. The van der Waals surface area contributed by atoms with Crippen molar-refractivity contribution in [3.05, 3.63) is 36.5 Å². The first-order valence-corrected chi connectivity index (χ1v) is 14.8. The number of aliphatic hydroxyl groups excluding tert-OH is 1. The summed E-state index contributed by atoms with van der Waals surface area (Å²) in [6.07, 6.45) is 7.33. The van der Waals surface area contributed by atoms with E-state index in [1.807, 2.05) is 0 Å². The second-order valence-electron chi connectivity index (χ2n) is 12.1. The molecular weight excluding hydrogens is 512 g/mol. The predicted octanol–water partition coefficient (Wildman–Crippen LogP) is 5.93. The molecule has 224 valence electrons. The second kappa shape index (κ2) is 13.5. The molecule has 2 aliphatic carbocycles. The summed E-state index contributed by atoms with van der Waals surface area (Å²) in [6.45, 7) is 16.9. The quantitative estimate of drug-likeness (QED) is 0.0971. The summed E-state index contributed by atoms with van der Waals surface area (Å²) in [4.78, 5) is 37.2. The molecule has 1 saturated heterocycles. The minimum atomic E-state index is -1.17. The number of esters is 3. The number of unbranched alkanes of at least 4 members (excludes halogenated alkanes) is 4. The maximum Gasteiger partial charge on any atom is 0.306 e. The maximum absolute atomic E-state index is 12.9. The van der Waals surface area contributed by atoms with Crippen molar-refractivity contribution in [2.45, 2.75) is 124 Å². The van der Waals surface area contributed by atoms with Crippen LogP contribution in [0.2, 0.25) is 0 Å². The summed E-state index contributed by atoms with van der Waals surface area (Å²) in [5.74, 6) is -1.66. The zero-order chi connectivity index (χ0) is 29.7. The molecule has 0 bridgehead atoms. The van der Waals surface area contributed by atoms with E-state index in [0.29, 0.717) is 31.3 Å². The first-order valence-electron chi connectivity index (χ1n) is 14.8. The lowest BCUT2D eigenvalue weighted by atomic mass is 9.45. The van der Waals surface area contributed by atoms with Gasteiger partial charge >= 0.3 is 17.9 Å². The van der Waals surface area contributed by atoms with E-state index in [1.54, 1.807) is 12.2 Å². The summed E-state index contributed by atoms with van der Waals surface area (Å²) < 4.78 is 23.4. The molecule has 0 aromatic heterocycles. The van der Waals surface area contributed by atoms with E-state index in [0.717, 1.165) is 44.1 Å². The maximum atomic E-state index is 12.9. The first kappa shape index (κ1) is 32.1. The van der Waals surface area contributed by atoms with Crippen LogP contribution in [0, 0.1) is 22.7 Å². The Balaban J connectivity index is 2.04. The number of hydrogen-bond acceptors (Lipinski definition) is 8. The van der Waals surface area contributed by atoms with Crippen molar-refractivity contribution in [2.24, 2.45) is 22.7 Å². The lowest BCUT2D eigenvalue weighted by Gasteiger charge is -2.60. The van der Waals surface area contributed by atoms with Gasteiger partial charge in [-0.05, 0) is 55.4 Å². The van der Waals surface area contributed by atoms with E-state index in [4.69, 9.17) is 18.9 Å². The molecule has 8 atom stereocenters. The Kier molecular flexibility index (Phi) is 10.8. The van der Waals surface area contributed by atoms with Crippen molar-refractivity contribution in [2.75, 3.05) is 0 Å². The minimum absolute atomic E-state index is 0.0794. The second-order valence-corrected chi connectivity index (χ2v) is 12.1. The number of hydrogen-bond donors (Lipinski definition) is 1. The third-order valence-electron chi connectivity index (χ3n) is 9.44. The average Bonchev–Trinajstić information content (AvgIpc) is 3.17. The number of ether oxygens (including phenoxy) is 4. The van der Waals surface area contributed by atoms with Gasteiger partial charge in [-0.25, -0.2) is 0 Å². The molecule has 8 nitrogen and oxygen atoms in total. The van der Waals surface area contributed by atoms with Crippen LogP contribution in [0.1, 0.15) is 98.8 Å². The number of aliphatic hydroxyl groups is 1. The Bertz CT molecular complexity index is 1000. The van der Waals surface area contributed by atoms with E-state index >= 15 is 0 Å². The molecule has 1 N–H and O–H groups in total. The van der Waals surface area contributed by atoms with Crippen molar-refractivity contribution in [1.29, 1.82) is 0 Å². The summed E-state index contributed by atoms with van der Waals surface area (Å²) in [5.41, 5.74) is -0.143. The van der Waals surface area contributed by atoms with Crippen LogP contribution in [-0.4, -0.2) is 47.8 Å². The highest BCUT2D eigenvalue weighted by molar-refractivity contribution is 5.70. The van der Waals surface area contributed by atoms with Gasteiger partial charge in [0, 0.05) is 25.8 Å². The fourth-order valence-electron chi connectivity index (χ4n) is 7.11. The molecule has 0 aromatic rings. The van der Waals surface area contributed by atoms with Gasteiger partial charge in [-0.2, -0.15) is 0 Å². The van der Waals surface area contributed by atoms with Crippen molar-refractivity contribution >= 4 is 17.9 Å². The van der Waals surface area contributed by atoms with Gasteiger partial charge in [-0.15, -0.1) is 0 Å². The highest BCUT2D eigenvalue weighted by atomic mass is 16.8. The lowest BCUT2D eigenvalue weighted by molar-refractivity contribution is -0.254. The van der Waals surface area contributed by atoms with Crippen LogP contribution in [0.5, 0.6) is 0 Å². The highest BCUT2D eigenvalue weighted by Crippen LogP contribution is 2.67. The minimum Gasteiger partial charge on any atom is -0.458 e. The van der Waals surface area contributed by atoms with Gasteiger partial charge in [0.05, 0.1) is 11.5 Å². The monoisotopic (exact) mass is 560 g/mol. The third kappa shape index (κ3) is 6.54. The number of carbonyl (C=O) groups excluding carboxylic acids is 3. The van der Waals surface area contributed by atoms with Gasteiger partial charge in [0.1, 0.15) is 6.10 Å². The smallest absolute Gasteiger partial charge is 0.306 e. The van der Waals surface area contributed by atoms with Gasteiger partial charge < -0.3 is 19.3 Å². The average molecular weight is 561 g/mol. The van der Waals surface area contributed by atoms with E-state index in [9.17, 15) is 19.5 Å². The zero-order valence-corrected chi connectivity index (χ0v) is 24.9. The largest absolute Gasteiger partial charge is 0.458 e. The Labute approximate surface area is 239 Å². The van der Waals surface area contributed by atoms with Crippen LogP contribution in [0.4, 0.5) is 0 Å². The highest BCUT2D eigenvalue weighted by Gasteiger charge is 2.71. The van der Waals surface area contributed by atoms with Crippen LogP contribution in [0.3, 0.4) is 0 Å². The fraction of sp³-hybridized carbons (Fsp3) is 0.719. The topological polar surface area (TPSA) is 108 Å². The SMILES string of the molecule is C=CC(=C)CC[C@]1(C)[C@H](C)C[C@H](O)[C@@]23C(=C[C@H](OC(=O)CCCCCCC)C[C@@H]12)[C@@H](OC(C)=O)O[C@H]3OC(C)=O.